The van der Waals surface area contributed by atoms with Gasteiger partial charge in [0.15, 0.2) is 11.5 Å². The van der Waals surface area contributed by atoms with Crippen molar-refractivity contribution in [2.45, 2.75) is 43.8 Å². The number of nitrogens with zero attached hydrogens (tertiary/aromatic N) is 2. The van der Waals surface area contributed by atoms with Crippen LogP contribution in [-0.2, 0) is 0 Å². The maximum absolute atomic E-state index is 12.8. The van der Waals surface area contributed by atoms with Crippen molar-refractivity contribution in [1.29, 1.82) is 0 Å². The van der Waals surface area contributed by atoms with Crippen LogP contribution in [-0.4, -0.2) is 62.3 Å². The quantitative estimate of drug-likeness (QED) is 0.697. The number of aliphatic hydroxyl groups is 1. The Morgan fingerprint density at radius 2 is 1.84 bits per heavy atom. The first-order valence-electron chi connectivity index (χ1n) is 10.4. The van der Waals surface area contributed by atoms with Crippen molar-refractivity contribution in [2.75, 3.05) is 27.9 Å². The standard InChI is InChI=1S/C23H26F2N2O5/c1-29-18-9-14-15-8-12(28)4-6-17(15)26-22(16(14)10-19(18)32-11-20(24)25)13-5-7-21(30-2)27-23(13)31-3/h5,7,9-10,12,15,17,20,28H,4,6,8,11H2,1-3H3. The number of rotatable bonds is 7. The highest BCUT2D eigenvalue weighted by Gasteiger charge is 2.38. The zero-order valence-electron chi connectivity index (χ0n) is 18.2. The second-order valence-corrected chi connectivity index (χ2v) is 7.82. The van der Waals surface area contributed by atoms with E-state index in [1.807, 2.05) is 12.1 Å². The average Bonchev–Trinajstić information content (AvgIpc) is 2.81. The van der Waals surface area contributed by atoms with Crippen LogP contribution < -0.4 is 18.9 Å². The van der Waals surface area contributed by atoms with Crippen molar-refractivity contribution in [3.8, 4) is 23.3 Å². The molecule has 0 spiro atoms. The number of hydrogen-bond donors (Lipinski definition) is 1. The number of aromatic nitrogens is 1. The van der Waals surface area contributed by atoms with Crippen LogP contribution in [0.3, 0.4) is 0 Å². The van der Waals surface area contributed by atoms with Gasteiger partial charge in [-0.1, -0.05) is 0 Å². The second-order valence-electron chi connectivity index (χ2n) is 7.82. The number of halogens is 2. The van der Waals surface area contributed by atoms with Gasteiger partial charge in [0.1, 0.15) is 6.61 Å². The maximum Gasteiger partial charge on any atom is 0.272 e. The number of aliphatic imine (C=N–C) groups is 1. The van der Waals surface area contributed by atoms with Crippen molar-refractivity contribution in [2.24, 2.45) is 4.99 Å². The highest BCUT2D eigenvalue weighted by Crippen LogP contribution is 2.45. The van der Waals surface area contributed by atoms with Gasteiger partial charge < -0.3 is 24.1 Å². The van der Waals surface area contributed by atoms with Gasteiger partial charge >= 0.3 is 0 Å². The minimum absolute atomic E-state index is 0.0206. The van der Waals surface area contributed by atoms with Gasteiger partial charge in [0.05, 0.1) is 44.8 Å². The van der Waals surface area contributed by atoms with Crippen LogP contribution in [0, 0.1) is 0 Å². The van der Waals surface area contributed by atoms with E-state index < -0.39 is 19.1 Å². The van der Waals surface area contributed by atoms with E-state index in [-0.39, 0.29) is 17.7 Å². The van der Waals surface area contributed by atoms with E-state index in [4.69, 9.17) is 23.9 Å². The molecular formula is C23H26F2N2O5. The number of methoxy groups -OCH3 is 3. The lowest BCUT2D eigenvalue weighted by Gasteiger charge is -2.37. The first kappa shape index (κ1) is 22.3. The van der Waals surface area contributed by atoms with Gasteiger partial charge in [-0.25, -0.2) is 8.78 Å². The van der Waals surface area contributed by atoms with Crippen LogP contribution >= 0.6 is 0 Å². The molecule has 3 atom stereocenters. The molecule has 9 heteroatoms. The Balaban J connectivity index is 1.88. The molecular weight excluding hydrogens is 422 g/mol. The molecule has 1 aromatic carbocycles. The number of benzene rings is 1. The maximum atomic E-state index is 12.8. The topological polar surface area (TPSA) is 82.4 Å². The van der Waals surface area contributed by atoms with Crippen molar-refractivity contribution in [3.05, 3.63) is 41.0 Å². The summed E-state index contributed by atoms with van der Waals surface area (Å²) in [5.74, 6) is 1.29. The zero-order valence-corrected chi connectivity index (χ0v) is 18.2. The van der Waals surface area contributed by atoms with Crippen molar-refractivity contribution in [3.63, 3.8) is 0 Å². The molecule has 2 aliphatic rings. The smallest absolute Gasteiger partial charge is 0.272 e. The van der Waals surface area contributed by atoms with Gasteiger partial charge in [-0.05, 0) is 43.0 Å². The van der Waals surface area contributed by atoms with E-state index in [2.05, 4.69) is 4.98 Å². The summed E-state index contributed by atoms with van der Waals surface area (Å²) < 4.78 is 47.1. The minimum atomic E-state index is -2.62. The number of ether oxygens (including phenoxy) is 4. The molecule has 1 aliphatic carbocycles. The molecule has 1 N–H and O–H groups in total. The van der Waals surface area contributed by atoms with E-state index in [0.29, 0.717) is 41.6 Å². The number of fused-ring (bicyclic) bond motifs is 3. The van der Waals surface area contributed by atoms with Gasteiger partial charge in [-0.3, -0.25) is 4.99 Å². The summed E-state index contributed by atoms with van der Waals surface area (Å²) in [4.78, 5) is 9.38. The molecule has 0 amide bonds. The van der Waals surface area contributed by atoms with Gasteiger partial charge in [0.25, 0.3) is 6.43 Å². The highest BCUT2D eigenvalue weighted by molar-refractivity contribution is 6.16. The fraction of sp³-hybridized carbons (Fsp3) is 0.478. The Kier molecular flexibility index (Phi) is 6.45. The largest absolute Gasteiger partial charge is 0.493 e. The summed E-state index contributed by atoms with van der Waals surface area (Å²) in [7, 11) is 4.50. The molecule has 2 aromatic rings. The first-order chi connectivity index (χ1) is 15.4. The van der Waals surface area contributed by atoms with Crippen LogP contribution in [0.5, 0.6) is 23.3 Å². The van der Waals surface area contributed by atoms with Crippen molar-refractivity contribution >= 4 is 5.71 Å². The Bertz CT molecular complexity index is 1010. The summed E-state index contributed by atoms with van der Waals surface area (Å²) in [5, 5.41) is 10.3. The number of hydrogen-bond acceptors (Lipinski definition) is 7. The molecule has 0 bridgehead atoms. The monoisotopic (exact) mass is 448 g/mol. The lowest BCUT2D eigenvalue weighted by molar-refractivity contribution is 0.0803. The zero-order chi connectivity index (χ0) is 22.8. The van der Waals surface area contributed by atoms with Crippen molar-refractivity contribution < 1.29 is 32.8 Å². The fourth-order valence-corrected chi connectivity index (χ4v) is 4.46. The Labute approximate surface area is 185 Å². The van der Waals surface area contributed by atoms with Crippen LogP contribution in [0.25, 0.3) is 0 Å². The van der Waals surface area contributed by atoms with Crippen molar-refractivity contribution in [1.82, 2.24) is 4.98 Å². The highest BCUT2D eigenvalue weighted by atomic mass is 19.3. The molecule has 7 nitrogen and oxygen atoms in total. The molecule has 1 fully saturated rings. The molecule has 2 heterocycles. The lowest BCUT2D eigenvalue weighted by Crippen LogP contribution is -2.34. The predicted octanol–water partition coefficient (Wildman–Crippen LogP) is 3.60. The SMILES string of the molecule is COc1ccc(C2=NC3CCC(O)CC3c3cc(OC)c(OCC(F)F)cc32)c(OC)n1. The molecule has 3 unspecified atom stereocenters. The normalized spacial score (nSPS) is 22.0. The predicted molar refractivity (Wildman–Crippen MR) is 114 cm³/mol. The Hall–Kier alpha value is -2.94. The summed E-state index contributed by atoms with van der Waals surface area (Å²) >= 11 is 0. The van der Waals surface area contributed by atoms with Gasteiger partial charge in [0, 0.05) is 17.5 Å². The third-order valence-electron chi connectivity index (χ3n) is 5.93. The van der Waals surface area contributed by atoms with Gasteiger partial charge in [-0.15, -0.1) is 0 Å². The average molecular weight is 448 g/mol. The summed E-state index contributed by atoms with van der Waals surface area (Å²) in [6.07, 6.45) is -1.08. The number of alkyl halides is 2. The molecule has 4 rings (SSSR count). The Morgan fingerprint density at radius 1 is 1.03 bits per heavy atom. The summed E-state index contributed by atoms with van der Waals surface area (Å²) in [6.45, 7) is -0.750. The van der Waals surface area contributed by atoms with Crippen LogP contribution in [0.15, 0.2) is 29.3 Å². The van der Waals surface area contributed by atoms with E-state index in [1.165, 1.54) is 21.3 Å². The van der Waals surface area contributed by atoms with E-state index in [9.17, 15) is 13.9 Å². The molecule has 0 radical (unpaired) electrons. The minimum Gasteiger partial charge on any atom is -0.493 e. The molecule has 172 valence electrons. The molecule has 0 saturated heterocycles. The first-order valence-corrected chi connectivity index (χ1v) is 10.4. The second kappa shape index (κ2) is 9.28. The third-order valence-corrected chi connectivity index (χ3v) is 5.93. The molecule has 1 saturated carbocycles. The summed E-state index contributed by atoms with van der Waals surface area (Å²) in [5.41, 5.74) is 2.94. The fourth-order valence-electron chi connectivity index (χ4n) is 4.46. The number of aliphatic hydroxyl groups excluding tert-OH is 1. The van der Waals surface area contributed by atoms with E-state index >= 15 is 0 Å². The van der Waals surface area contributed by atoms with Crippen LogP contribution in [0.1, 0.15) is 41.9 Å². The molecule has 1 aromatic heterocycles. The molecule has 1 aliphatic heterocycles. The summed E-state index contributed by atoms with van der Waals surface area (Å²) in [6, 6.07) is 6.98. The van der Waals surface area contributed by atoms with E-state index in [1.54, 1.807) is 12.1 Å². The van der Waals surface area contributed by atoms with Gasteiger partial charge in [-0.2, -0.15) is 4.98 Å². The van der Waals surface area contributed by atoms with Gasteiger partial charge in [0.2, 0.25) is 11.8 Å². The van der Waals surface area contributed by atoms with E-state index in [0.717, 1.165) is 17.5 Å². The van der Waals surface area contributed by atoms with Crippen LogP contribution in [0.2, 0.25) is 0 Å². The van der Waals surface area contributed by atoms with Crippen LogP contribution in [0.4, 0.5) is 8.78 Å². The number of pyridine rings is 1. The Morgan fingerprint density at radius 3 is 2.53 bits per heavy atom. The lowest BCUT2D eigenvalue weighted by atomic mass is 9.74. The molecule has 32 heavy (non-hydrogen) atoms. The third kappa shape index (κ3) is 4.21.